The molecule has 1 amide bonds. The summed E-state index contributed by atoms with van der Waals surface area (Å²) in [6, 6.07) is 5.51. The van der Waals surface area contributed by atoms with Gasteiger partial charge in [0.2, 0.25) is 0 Å². The van der Waals surface area contributed by atoms with E-state index in [1.807, 2.05) is 26.0 Å². The van der Waals surface area contributed by atoms with Gasteiger partial charge in [0.05, 0.1) is 22.0 Å². The zero-order valence-corrected chi connectivity index (χ0v) is 11.9. The fraction of sp³-hybridized carbons (Fsp3) is 0.385. The molecule has 19 heavy (non-hydrogen) atoms. The lowest BCUT2D eigenvalue weighted by Gasteiger charge is -2.07. The van der Waals surface area contributed by atoms with Crippen molar-refractivity contribution in [3.8, 4) is 0 Å². The Morgan fingerprint density at radius 1 is 1.53 bits per heavy atom. The molecule has 0 aliphatic rings. The second-order valence-electron chi connectivity index (χ2n) is 4.51. The first-order chi connectivity index (χ1) is 8.99. The molecule has 0 saturated carbocycles. The maximum absolute atomic E-state index is 11.8. The third-order valence-electron chi connectivity index (χ3n) is 2.63. The summed E-state index contributed by atoms with van der Waals surface area (Å²) >= 11 is 6.15. The van der Waals surface area contributed by atoms with Crippen LogP contribution in [0.15, 0.2) is 18.2 Å². The highest BCUT2D eigenvalue weighted by Crippen LogP contribution is 2.29. The number of nitrogens with zero attached hydrogens (tertiary/aromatic N) is 2. The Kier molecular flexibility index (Phi) is 4.07. The molecule has 102 valence electrons. The van der Waals surface area contributed by atoms with E-state index in [4.69, 9.17) is 16.3 Å². The van der Waals surface area contributed by atoms with Gasteiger partial charge in [0.1, 0.15) is 6.61 Å². The SMILES string of the molecule is CC(C)OCC(=O)Nc1nn(C)c2cccc(Cl)c12. The van der Waals surface area contributed by atoms with Crippen LogP contribution in [0.2, 0.25) is 5.02 Å². The van der Waals surface area contributed by atoms with Crippen molar-refractivity contribution >= 4 is 34.2 Å². The normalized spacial score (nSPS) is 11.2. The van der Waals surface area contributed by atoms with Crippen LogP contribution in [-0.2, 0) is 16.6 Å². The zero-order chi connectivity index (χ0) is 14.0. The zero-order valence-electron chi connectivity index (χ0n) is 11.1. The van der Waals surface area contributed by atoms with Crippen LogP contribution in [0.3, 0.4) is 0 Å². The molecule has 0 unspecified atom stereocenters. The lowest BCUT2D eigenvalue weighted by Crippen LogP contribution is -2.21. The number of anilines is 1. The molecule has 0 spiro atoms. The predicted molar refractivity (Wildman–Crippen MR) is 75.4 cm³/mol. The summed E-state index contributed by atoms with van der Waals surface area (Å²) in [4.78, 5) is 11.8. The monoisotopic (exact) mass is 281 g/mol. The average molecular weight is 282 g/mol. The minimum atomic E-state index is -0.242. The number of benzene rings is 1. The van der Waals surface area contributed by atoms with Gasteiger partial charge in [-0.1, -0.05) is 17.7 Å². The molecule has 2 rings (SSSR count). The van der Waals surface area contributed by atoms with Crippen molar-refractivity contribution in [2.45, 2.75) is 20.0 Å². The molecule has 6 heteroatoms. The highest BCUT2D eigenvalue weighted by molar-refractivity contribution is 6.36. The number of ether oxygens (including phenoxy) is 1. The Bertz CT molecular complexity index is 607. The Balaban J connectivity index is 2.24. The summed E-state index contributed by atoms with van der Waals surface area (Å²) in [5.41, 5.74) is 0.868. The quantitative estimate of drug-likeness (QED) is 0.937. The van der Waals surface area contributed by atoms with Crippen molar-refractivity contribution in [1.82, 2.24) is 9.78 Å². The van der Waals surface area contributed by atoms with Gasteiger partial charge in [-0.3, -0.25) is 9.48 Å². The van der Waals surface area contributed by atoms with Crippen molar-refractivity contribution in [2.24, 2.45) is 7.05 Å². The maximum atomic E-state index is 11.8. The lowest BCUT2D eigenvalue weighted by molar-refractivity contribution is -0.121. The van der Waals surface area contributed by atoms with E-state index < -0.39 is 0 Å². The van der Waals surface area contributed by atoms with Gasteiger partial charge in [0, 0.05) is 7.05 Å². The third-order valence-corrected chi connectivity index (χ3v) is 2.95. The number of nitrogens with one attached hydrogen (secondary N) is 1. The van der Waals surface area contributed by atoms with E-state index in [9.17, 15) is 4.79 Å². The van der Waals surface area contributed by atoms with Crippen LogP contribution in [0.1, 0.15) is 13.8 Å². The molecule has 2 aromatic rings. The number of halogens is 1. The molecule has 5 nitrogen and oxygen atoms in total. The van der Waals surface area contributed by atoms with Gasteiger partial charge in [-0.05, 0) is 26.0 Å². The van der Waals surface area contributed by atoms with Gasteiger partial charge in [-0.2, -0.15) is 5.10 Å². The van der Waals surface area contributed by atoms with Crippen LogP contribution in [-0.4, -0.2) is 28.4 Å². The number of fused-ring (bicyclic) bond motifs is 1. The van der Waals surface area contributed by atoms with Crippen molar-refractivity contribution in [3.63, 3.8) is 0 Å². The number of aryl methyl sites for hydroxylation is 1. The van der Waals surface area contributed by atoms with E-state index >= 15 is 0 Å². The fourth-order valence-corrected chi connectivity index (χ4v) is 2.03. The van der Waals surface area contributed by atoms with Gasteiger partial charge < -0.3 is 10.1 Å². The summed E-state index contributed by atoms with van der Waals surface area (Å²) in [6.45, 7) is 3.75. The van der Waals surface area contributed by atoms with Crippen molar-refractivity contribution in [2.75, 3.05) is 11.9 Å². The van der Waals surface area contributed by atoms with Crippen LogP contribution in [0.5, 0.6) is 0 Å². The highest BCUT2D eigenvalue weighted by Gasteiger charge is 2.14. The Morgan fingerprint density at radius 2 is 2.26 bits per heavy atom. The molecule has 1 heterocycles. The number of hydrogen-bond donors (Lipinski definition) is 1. The highest BCUT2D eigenvalue weighted by atomic mass is 35.5. The largest absolute Gasteiger partial charge is 0.369 e. The Morgan fingerprint density at radius 3 is 2.95 bits per heavy atom. The van der Waals surface area contributed by atoms with Gasteiger partial charge >= 0.3 is 0 Å². The first kappa shape index (κ1) is 13.8. The van der Waals surface area contributed by atoms with Crippen LogP contribution in [0.25, 0.3) is 10.9 Å². The Labute approximate surface area is 116 Å². The second kappa shape index (κ2) is 5.59. The fourth-order valence-electron chi connectivity index (χ4n) is 1.77. The van der Waals surface area contributed by atoms with Crippen LogP contribution in [0.4, 0.5) is 5.82 Å². The van der Waals surface area contributed by atoms with E-state index in [2.05, 4.69) is 10.4 Å². The van der Waals surface area contributed by atoms with Crippen molar-refractivity contribution < 1.29 is 9.53 Å². The second-order valence-corrected chi connectivity index (χ2v) is 4.92. The molecule has 0 aliphatic carbocycles. The minimum absolute atomic E-state index is 0.000185. The third kappa shape index (κ3) is 3.05. The molecule has 0 radical (unpaired) electrons. The van der Waals surface area contributed by atoms with Gasteiger partial charge in [-0.15, -0.1) is 0 Å². The number of carbonyl (C=O) groups excluding carboxylic acids is 1. The summed E-state index contributed by atoms with van der Waals surface area (Å²) < 4.78 is 6.93. The van der Waals surface area contributed by atoms with E-state index in [0.717, 1.165) is 10.9 Å². The topological polar surface area (TPSA) is 56.1 Å². The van der Waals surface area contributed by atoms with E-state index in [1.54, 1.807) is 17.8 Å². The molecular formula is C13H16ClN3O2. The van der Waals surface area contributed by atoms with Crippen molar-refractivity contribution in [3.05, 3.63) is 23.2 Å². The van der Waals surface area contributed by atoms with Crippen molar-refractivity contribution in [1.29, 1.82) is 0 Å². The summed E-state index contributed by atoms with van der Waals surface area (Å²) in [5.74, 6) is 0.217. The molecule has 0 atom stereocenters. The number of rotatable bonds is 4. The number of amides is 1. The predicted octanol–water partition coefficient (Wildman–Crippen LogP) is 2.59. The maximum Gasteiger partial charge on any atom is 0.251 e. The van der Waals surface area contributed by atoms with Crippen LogP contribution >= 0.6 is 11.6 Å². The molecule has 0 bridgehead atoms. The first-order valence-electron chi connectivity index (χ1n) is 6.01. The minimum Gasteiger partial charge on any atom is -0.369 e. The molecule has 0 fully saturated rings. The number of aromatic nitrogens is 2. The van der Waals surface area contributed by atoms with Gasteiger partial charge in [0.15, 0.2) is 5.82 Å². The number of hydrogen-bond acceptors (Lipinski definition) is 3. The molecule has 0 aliphatic heterocycles. The van der Waals surface area contributed by atoms with Gasteiger partial charge in [-0.25, -0.2) is 0 Å². The molecular weight excluding hydrogens is 266 g/mol. The van der Waals surface area contributed by atoms with E-state index in [0.29, 0.717) is 10.8 Å². The smallest absolute Gasteiger partial charge is 0.251 e. The lowest BCUT2D eigenvalue weighted by atomic mass is 10.2. The van der Waals surface area contributed by atoms with Crippen LogP contribution < -0.4 is 5.32 Å². The first-order valence-corrected chi connectivity index (χ1v) is 6.39. The van der Waals surface area contributed by atoms with E-state index in [-0.39, 0.29) is 18.6 Å². The summed E-state index contributed by atoms with van der Waals surface area (Å²) in [5, 5.41) is 8.29. The average Bonchev–Trinajstić information content (AvgIpc) is 2.65. The van der Waals surface area contributed by atoms with Crippen LogP contribution in [0, 0.1) is 0 Å². The molecule has 1 N–H and O–H groups in total. The molecule has 0 saturated heterocycles. The molecule has 1 aromatic carbocycles. The summed E-state index contributed by atoms with van der Waals surface area (Å²) in [7, 11) is 1.80. The number of carbonyl (C=O) groups is 1. The summed E-state index contributed by atoms with van der Waals surface area (Å²) in [6.07, 6.45) is 0.00909. The molecule has 1 aromatic heterocycles. The van der Waals surface area contributed by atoms with E-state index in [1.165, 1.54) is 0 Å². The van der Waals surface area contributed by atoms with Gasteiger partial charge in [0.25, 0.3) is 5.91 Å². The Hall–Kier alpha value is -1.59. The standard InChI is InChI=1S/C13H16ClN3O2/c1-8(2)19-7-11(18)15-13-12-9(14)5-4-6-10(12)17(3)16-13/h4-6,8H,7H2,1-3H3,(H,15,16,18).